The van der Waals surface area contributed by atoms with Gasteiger partial charge in [-0.25, -0.2) is 0 Å². The first kappa shape index (κ1) is 12.6. The van der Waals surface area contributed by atoms with Crippen molar-refractivity contribution >= 4 is 5.95 Å². The largest absolute Gasteiger partial charge is 0.340 e. The Morgan fingerprint density at radius 2 is 2.00 bits per heavy atom. The number of aromatic amines is 1. The van der Waals surface area contributed by atoms with Gasteiger partial charge in [-0.2, -0.15) is 4.98 Å². The SMILES string of the molecule is CC1CC1c1nc(N2CCC(C3CCCN3)CC2)n[nH]1. The van der Waals surface area contributed by atoms with Crippen molar-refractivity contribution in [1.29, 1.82) is 0 Å². The molecule has 2 aliphatic heterocycles. The number of aromatic nitrogens is 3. The highest BCUT2D eigenvalue weighted by molar-refractivity contribution is 5.31. The average molecular weight is 275 g/mol. The van der Waals surface area contributed by atoms with Gasteiger partial charge in [0, 0.05) is 25.0 Å². The third kappa shape index (κ3) is 2.32. The van der Waals surface area contributed by atoms with Gasteiger partial charge >= 0.3 is 0 Å². The van der Waals surface area contributed by atoms with Crippen molar-refractivity contribution < 1.29 is 0 Å². The van der Waals surface area contributed by atoms with E-state index in [0.29, 0.717) is 5.92 Å². The fraction of sp³-hybridized carbons (Fsp3) is 0.867. The van der Waals surface area contributed by atoms with Gasteiger partial charge in [0.25, 0.3) is 0 Å². The van der Waals surface area contributed by atoms with Crippen molar-refractivity contribution in [2.75, 3.05) is 24.5 Å². The highest BCUT2D eigenvalue weighted by Crippen LogP contribution is 2.45. The summed E-state index contributed by atoms with van der Waals surface area (Å²) in [6.45, 7) is 5.72. The minimum absolute atomic E-state index is 0.636. The monoisotopic (exact) mass is 275 g/mol. The summed E-state index contributed by atoms with van der Waals surface area (Å²) in [5.41, 5.74) is 0. The second kappa shape index (κ2) is 5.02. The van der Waals surface area contributed by atoms with E-state index < -0.39 is 0 Å². The molecular formula is C15H25N5. The van der Waals surface area contributed by atoms with Crippen LogP contribution in [0.25, 0.3) is 0 Å². The van der Waals surface area contributed by atoms with Crippen LogP contribution in [-0.2, 0) is 0 Å². The molecule has 3 aliphatic rings. The summed E-state index contributed by atoms with van der Waals surface area (Å²) in [5, 5.41) is 11.2. The molecule has 1 saturated carbocycles. The van der Waals surface area contributed by atoms with Crippen LogP contribution in [0.1, 0.15) is 50.8 Å². The van der Waals surface area contributed by atoms with Crippen LogP contribution in [0.4, 0.5) is 5.95 Å². The van der Waals surface area contributed by atoms with Crippen LogP contribution in [0.15, 0.2) is 0 Å². The predicted octanol–water partition coefficient (Wildman–Crippen LogP) is 1.90. The van der Waals surface area contributed by atoms with Gasteiger partial charge in [-0.1, -0.05) is 6.92 Å². The molecule has 20 heavy (non-hydrogen) atoms. The molecule has 0 radical (unpaired) electrons. The second-order valence-corrected chi connectivity index (χ2v) is 6.87. The standard InChI is InChI=1S/C15H25N5/c1-10-9-12(10)14-17-15(19-18-14)20-7-4-11(5-8-20)13-3-2-6-16-13/h10-13,16H,2-9H2,1H3,(H,17,18,19). The Bertz CT molecular complexity index is 457. The molecule has 3 atom stereocenters. The molecule has 2 N–H and O–H groups in total. The number of rotatable bonds is 3. The Hall–Kier alpha value is -1.10. The zero-order chi connectivity index (χ0) is 13.5. The fourth-order valence-electron chi connectivity index (χ4n) is 3.89. The minimum atomic E-state index is 0.636. The first-order valence-corrected chi connectivity index (χ1v) is 8.22. The molecule has 2 saturated heterocycles. The number of piperidine rings is 1. The summed E-state index contributed by atoms with van der Waals surface area (Å²) < 4.78 is 0. The topological polar surface area (TPSA) is 56.8 Å². The lowest BCUT2D eigenvalue weighted by molar-refractivity contribution is 0.317. The lowest BCUT2D eigenvalue weighted by Gasteiger charge is -2.34. The molecule has 5 heteroatoms. The third-order valence-corrected chi connectivity index (χ3v) is 5.44. The number of H-pyrrole nitrogens is 1. The Morgan fingerprint density at radius 3 is 2.65 bits per heavy atom. The first-order chi connectivity index (χ1) is 9.81. The van der Waals surface area contributed by atoms with Crippen LogP contribution in [0.3, 0.4) is 0 Å². The van der Waals surface area contributed by atoms with E-state index in [2.05, 4.69) is 27.3 Å². The third-order valence-electron chi connectivity index (χ3n) is 5.44. The van der Waals surface area contributed by atoms with E-state index in [9.17, 15) is 0 Å². The summed E-state index contributed by atoms with van der Waals surface area (Å²) in [7, 11) is 0. The Kier molecular flexibility index (Phi) is 3.17. The van der Waals surface area contributed by atoms with Crippen LogP contribution in [0, 0.1) is 11.8 Å². The molecule has 1 aromatic heterocycles. The van der Waals surface area contributed by atoms with Crippen molar-refractivity contribution in [3.63, 3.8) is 0 Å². The summed E-state index contributed by atoms with van der Waals surface area (Å²) >= 11 is 0. The minimum Gasteiger partial charge on any atom is -0.340 e. The van der Waals surface area contributed by atoms with Crippen LogP contribution in [0.5, 0.6) is 0 Å². The number of nitrogens with one attached hydrogen (secondary N) is 2. The molecule has 4 rings (SSSR count). The number of hydrogen-bond donors (Lipinski definition) is 2. The second-order valence-electron chi connectivity index (χ2n) is 6.87. The molecule has 0 aromatic carbocycles. The number of hydrogen-bond acceptors (Lipinski definition) is 4. The van der Waals surface area contributed by atoms with Crippen LogP contribution in [-0.4, -0.2) is 40.9 Å². The van der Waals surface area contributed by atoms with E-state index in [4.69, 9.17) is 4.98 Å². The van der Waals surface area contributed by atoms with Gasteiger partial charge in [0.15, 0.2) is 0 Å². The molecule has 0 bridgehead atoms. The van der Waals surface area contributed by atoms with Crippen molar-refractivity contribution in [2.45, 2.75) is 51.0 Å². The average Bonchev–Trinajstić information content (AvgIpc) is 2.96. The molecule has 0 spiro atoms. The van der Waals surface area contributed by atoms with E-state index in [-0.39, 0.29) is 0 Å². The van der Waals surface area contributed by atoms with E-state index in [1.54, 1.807) is 0 Å². The van der Waals surface area contributed by atoms with Crippen molar-refractivity contribution in [2.24, 2.45) is 11.8 Å². The molecule has 3 unspecified atom stereocenters. The molecule has 5 nitrogen and oxygen atoms in total. The Morgan fingerprint density at radius 1 is 1.20 bits per heavy atom. The van der Waals surface area contributed by atoms with Gasteiger partial charge < -0.3 is 10.2 Å². The first-order valence-electron chi connectivity index (χ1n) is 8.22. The van der Waals surface area contributed by atoms with Gasteiger partial charge in [-0.3, -0.25) is 5.10 Å². The molecular weight excluding hydrogens is 250 g/mol. The number of nitrogens with zero attached hydrogens (tertiary/aromatic N) is 3. The summed E-state index contributed by atoms with van der Waals surface area (Å²) in [5.74, 6) is 4.31. The number of anilines is 1. The molecule has 1 aliphatic carbocycles. The lowest BCUT2D eigenvalue weighted by atomic mass is 9.89. The maximum atomic E-state index is 4.71. The molecule has 3 fully saturated rings. The maximum absolute atomic E-state index is 4.71. The van der Waals surface area contributed by atoms with Gasteiger partial charge in [-0.15, -0.1) is 5.10 Å². The highest BCUT2D eigenvalue weighted by atomic mass is 15.4. The van der Waals surface area contributed by atoms with Crippen molar-refractivity contribution in [3.05, 3.63) is 5.82 Å². The zero-order valence-electron chi connectivity index (χ0n) is 12.3. The Balaban J connectivity index is 1.35. The van der Waals surface area contributed by atoms with Crippen LogP contribution < -0.4 is 10.2 Å². The van der Waals surface area contributed by atoms with E-state index in [1.807, 2.05) is 0 Å². The fourth-order valence-corrected chi connectivity index (χ4v) is 3.89. The van der Waals surface area contributed by atoms with Gasteiger partial charge in [-0.05, 0) is 50.5 Å². The van der Waals surface area contributed by atoms with E-state index in [0.717, 1.165) is 42.7 Å². The maximum Gasteiger partial charge on any atom is 0.244 e. The van der Waals surface area contributed by atoms with Crippen LogP contribution >= 0.6 is 0 Å². The van der Waals surface area contributed by atoms with E-state index in [1.165, 1.54) is 38.6 Å². The van der Waals surface area contributed by atoms with Crippen molar-refractivity contribution in [3.8, 4) is 0 Å². The smallest absolute Gasteiger partial charge is 0.244 e. The molecule has 1 aromatic rings. The van der Waals surface area contributed by atoms with E-state index >= 15 is 0 Å². The van der Waals surface area contributed by atoms with Crippen molar-refractivity contribution in [1.82, 2.24) is 20.5 Å². The Labute approximate surface area is 120 Å². The van der Waals surface area contributed by atoms with Gasteiger partial charge in [0.1, 0.15) is 5.82 Å². The summed E-state index contributed by atoms with van der Waals surface area (Å²) in [6, 6.07) is 0.771. The van der Waals surface area contributed by atoms with Crippen LogP contribution in [0.2, 0.25) is 0 Å². The summed E-state index contributed by atoms with van der Waals surface area (Å²) in [6.07, 6.45) is 6.55. The molecule has 0 amide bonds. The normalized spacial score (nSPS) is 34.6. The zero-order valence-corrected chi connectivity index (χ0v) is 12.3. The van der Waals surface area contributed by atoms with Gasteiger partial charge in [0.05, 0.1) is 0 Å². The predicted molar refractivity (Wildman–Crippen MR) is 78.9 cm³/mol. The highest BCUT2D eigenvalue weighted by Gasteiger charge is 2.37. The lowest BCUT2D eigenvalue weighted by Crippen LogP contribution is -2.41. The van der Waals surface area contributed by atoms with Gasteiger partial charge in [0.2, 0.25) is 5.95 Å². The molecule has 3 heterocycles. The molecule has 110 valence electrons. The summed E-state index contributed by atoms with van der Waals surface area (Å²) in [4.78, 5) is 7.07. The quantitative estimate of drug-likeness (QED) is 0.884.